The molecular formula is C19H18F3N3O3. The number of amides is 2. The number of halogens is 3. The maximum absolute atomic E-state index is 12.7. The number of carbonyl (C=O) groups is 2. The summed E-state index contributed by atoms with van der Waals surface area (Å²) in [5.74, 6) is -0.133. The van der Waals surface area contributed by atoms with Gasteiger partial charge in [0, 0.05) is 17.7 Å². The first-order valence-electron chi connectivity index (χ1n) is 8.68. The lowest BCUT2D eigenvalue weighted by molar-refractivity contribution is -0.137. The molecule has 1 aromatic heterocycles. The molecule has 0 bridgehead atoms. The predicted octanol–water partition coefficient (Wildman–Crippen LogP) is 3.26. The highest BCUT2D eigenvalue weighted by Crippen LogP contribution is 2.31. The number of rotatable bonds is 7. The number of hydrogen-bond acceptors (Lipinski definition) is 4. The van der Waals surface area contributed by atoms with Crippen molar-refractivity contribution in [1.29, 1.82) is 0 Å². The number of ether oxygens (including phenoxy) is 1. The van der Waals surface area contributed by atoms with E-state index in [4.69, 9.17) is 4.74 Å². The molecule has 2 aromatic rings. The summed E-state index contributed by atoms with van der Waals surface area (Å²) >= 11 is 0. The number of nitrogens with zero attached hydrogens (tertiary/aromatic N) is 1. The van der Waals surface area contributed by atoms with Crippen LogP contribution < -0.4 is 15.4 Å². The first kappa shape index (κ1) is 19.7. The topological polar surface area (TPSA) is 80.3 Å². The molecule has 0 atom stereocenters. The molecule has 148 valence electrons. The van der Waals surface area contributed by atoms with E-state index in [1.165, 1.54) is 30.5 Å². The van der Waals surface area contributed by atoms with Crippen molar-refractivity contribution in [3.8, 4) is 5.75 Å². The molecule has 1 fully saturated rings. The summed E-state index contributed by atoms with van der Waals surface area (Å²) in [5, 5.41) is 5.26. The van der Waals surface area contributed by atoms with Crippen molar-refractivity contribution < 1.29 is 27.5 Å². The Hall–Kier alpha value is -3.10. The molecule has 2 N–H and O–H groups in total. The van der Waals surface area contributed by atoms with E-state index in [-0.39, 0.29) is 30.7 Å². The van der Waals surface area contributed by atoms with Crippen LogP contribution >= 0.6 is 0 Å². The summed E-state index contributed by atoms with van der Waals surface area (Å²) in [6.45, 7) is 0.102. The summed E-state index contributed by atoms with van der Waals surface area (Å²) in [6.07, 6.45) is -1.31. The molecule has 6 nitrogen and oxygen atoms in total. The van der Waals surface area contributed by atoms with Crippen LogP contribution in [-0.2, 0) is 11.0 Å². The van der Waals surface area contributed by atoms with E-state index < -0.39 is 17.6 Å². The molecule has 0 spiro atoms. The van der Waals surface area contributed by atoms with Gasteiger partial charge in [0.1, 0.15) is 18.2 Å². The number of nitrogens with one attached hydrogen (secondary N) is 2. The number of anilines is 1. The fraction of sp³-hybridized carbons (Fsp3) is 0.316. The van der Waals surface area contributed by atoms with Crippen LogP contribution in [0.3, 0.4) is 0 Å². The first-order valence-corrected chi connectivity index (χ1v) is 8.68. The van der Waals surface area contributed by atoms with Gasteiger partial charge in [0.05, 0.1) is 12.1 Å². The molecule has 2 amide bonds. The first-order chi connectivity index (χ1) is 13.3. The van der Waals surface area contributed by atoms with Gasteiger partial charge in [0.2, 0.25) is 5.91 Å². The smallest absolute Gasteiger partial charge is 0.416 e. The molecule has 9 heteroatoms. The van der Waals surface area contributed by atoms with Crippen LogP contribution in [0.1, 0.15) is 28.8 Å². The third kappa shape index (κ3) is 5.45. The van der Waals surface area contributed by atoms with Gasteiger partial charge in [-0.3, -0.25) is 9.59 Å². The van der Waals surface area contributed by atoms with Crippen molar-refractivity contribution in [2.45, 2.75) is 19.0 Å². The van der Waals surface area contributed by atoms with Crippen molar-refractivity contribution in [1.82, 2.24) is 10.3 Å². The molecule has 0 aliphatic heterocycles. The Morgan fingerprint density at radius 1 is 1.18 bits per heavy atom. The lowest BCUT2D eigenvalue weighted by Crippen LogP contribution is -2.28. The number of alkyl halides is 3. The Bertz CT molecular complexity index is 867. The summed E-state index contributed by atoms with van der Waals surface area (Å²) in [6, 6.07) is 7.48. The molecule has 0 saturated heterocycles. The molecule has 1 heterocycles. The Labute approximate surface area is 159 Å². The largest absolute Gasteiger partial charge is 0.492 e. The highest BCUT2D eigenvalue weighted by atomic mass is 19.4. The molecular weight excluding hydrogens is 375 g/mol. The lowest BCUT2D eigenvalue weighted by atomic mass is 10.2. The molecule has 0 unspecified atom stereocenters. The van der Waals surface area contributed by atoms with Crippen LogP contribution in [0.15, 0.2) is 42.6 Å². The summed E-state index contributed by atoms with van der Waals surface area (Å²) in [5.41, 5.74) is -0.494. The Kier molecular flexibility index (Phi) is 5.81. The van der Waals surface area contributed by atoms with Gasteiger partial charge < -0.3 is 15.4 Å². The van der Waals surface area contributed by atoms with Gasteiger partial charge in [0.15, 0.2) is 0 Å². The van der Waals surface area contributed by atoms with Crippen molar-refractivity contribution in [3.63, 3.8) is 0 Å². The third-order valence-electron chi connectivity index (χ3n) is 4.04. The highest BCUT2D eigenvalue weighted by Gasteiger charge is 2.31. The summed E-state index contributed by atoms with van der Waals surface area (Å²) in [4.78, 5) is 27.9. The number of benzene rings is 1. The lowest BCUT2D eigenvalue weighted by Gasteiger charge is -2.11. The molecule has 1 aliphatic carbocycles. The van der Waals surface area contributed by atoms with Crippen LogP contribution in [0.25, 0.3) is 0 Å². The van der Waals surface area contributed by atoms with Crippen LogP contribution in [-0.4, -0.2) is 29.9 Å². The monoisotopic (exact) mass is 393 g/mol. The highest BCUT2D eigenvalue weighted by molar-refractivity contribution is 5.97. The number of carbonyl (C=O) groups excluding carboxylic acids is 2. The predicted molar refractivity (Wildman–Crippen MR) is 94.9 cm³/mol. The van der Waals surface area contributed by atoms with Gasteiger partial charge in [-0.15, -0.1) is 0 Å². The Morgan fingerprint density at radius 2 is 1.96 bits per heavy atom. The van der Waals surface area contributed by atoms with Crippen LogP contribution in [0.5, 0.6) is 5.75 Å². The van der Waals surface area contributed by atoms with E-state index in [9.17, 15) is 22.8 Å². The number of aromatic nitrogens is 1. The molecule has 0 radical (unpaired) electrons. The third-order valence-corrected chi connectivity index (χ3v) is 4.04. The van der Waals surface area contributed by atoms with E-state index in [2.05, 4.69) is 15.6 Å². The number of hydrogen-bond donors (Lipinski definition) is 2. The maximum atomic E-state index is 12.7. The fourth-order valence-corrected chi connectivity index (χ4v) is 2.41. The van der Waals surface area contributed by atoms with Crippen molar-refractivity contribution in [2.75, 3.05) is 18.5 Å². The molecule has 28 heavy (non-hydrogen) atoms. The molecule has 3 rings (SSSR count). The van der Waals surface area contributed by atoms with Crippen LogP contribution in [0.4, 0.5) is 19.0 Å². The van der Waals surface area contributed by atoms with Crippen molar-refractivity contribution >= 4 is 17.6 Å². The minimum Gasteiger partial charge on any atom is -0.492 e. The second-order valence-corrected chi connectivity index (χ2v) is 6.32. The van der Waals surface area contributed by atoms with Crippen molar-refractivity contribution in [3.05, 3.63) is 53.7 Å². The van der Waals surface area contributed by atoms with Crippen molar-refractivity contribution in [2.24, 2.45) is 5.92 Å². The van der Waals surface area contributed by atoms with Crippen LogP contribution in [0.2, 0.25) is 0 Å². The molecule has 1 aromatic carbocycles. The zero-order valence-corrected chi connectivity index (χ0v) is 14.8. The minimum atomic E-state index is -4.44. The van der Waals surface area contributed by atoms with E-state index in [0.29, 0.717) is 11.4 Å². The van der Waals surface area contributed by atoms with Gasteiger partial charge in [0.25, 0.3) is 5.91 Å². The summed E-state index contributed by atoms with van der Waals surface area (Å²) in [7, 11) is 0. The van der Waals surface area contributed by atoms with Gasteiger partial charge in [-0.2, -0.15) is 13.2 Å². The second kappa shape index (κ2) is 8.28. The second-order valence-electron chi connectivity index (χ2n) is 6.32. The van der Waals surface area contributed by atoms with Gasteiger partial charge >= 0.3 is 6.18 Å². The van der Waals surface area contributed by atoms with E-state index in [0.717, 1.165) is 25.0 Å². The zero-order chi connectivity index (χ0) is 20.1. The van der Waals surface area contributed by atoms with E-state index in [1.54, 1.807) is 0 Å². The zero-order valence-electron chi connectivity index (χ0n) is 14.8. The van der Waals surface area contributed by atoms with E-state index >= 15 is 0 Å². The standard InChI is InChI=1S/C19H18F3N3O3/c20-19(21,22)14-2-1-3-15(11-14)28-9-8-24-17(26)13-6-7-23-16(10-13)25-18(27)12-4-5-12/h1-3,6-7,10-12H,4-5,8-9H2,(H,24,26)(H,23,25,27). The minimum absolute atomic E-state index is 0.00338. The van der Waals surface area contributed by atoms with Crippen LogP contribution in [0, 0.1) is 5.92 Å². The Morgan fingerprint density at radius 3 is 2.68 bits per heavy atom. The maximum Gasteiger partial charge on any atom is 0.416 e. The SMILES string of the molecule is O=C(NCCOc1cccc(C(F)(F)F)c1)c1ccnc(NC(=O)C2CC2)c1. The van der Waals surface area contributed by atoms with Gasteiger partial charge in [-0.05, 0) is 43.2 Å². The fourth-order valence-electron chi connectivity index (χ4n) is 2.41. The van der Waals surface area contributed by atoms with Gasteiger partial charge in [-0.1, -0.05) is 6.07 Å². The van der Waals surface area contributed by atoms with E-state index in [1.807, 2.05) is 0 Å². The average Bonchev–Trinajstić information content (AvgIpc) is 3.50. The average molecular weight is 393 g/mol. The number of pyridine rings is 1. The quantitative estimate of drug-likeness (QED) is 0.708. The Balaban J connectivity index is 1.47. The molecule has 1 aliphatic rings. The molecule has 1 saturated carbocycles. The summed E-state index contributed by atoms with van der Waals surface area (Å²) < 4.78 is 43.2. The van der Waals surface area contributed by atoms with Gasteiger partial charge in [-0.25, -0.2) is 4.98 Å². The normalized spacial score (nSPS) is 13.7.